The van der Waals surface area contributed by atoms with Crippen LogP contribution in [0.4, 0.5) is 5.69 Å². The average molecular weight is 425 g/mol. The number of rotatable bonds is 4. The monoisotopic (exact) mass is 425 g/mol. The number of carbonyl (C=O) groups is 1. The van der Waals surface area contributed by atoms with Gasteiger partial charge in [0.25, 0.3) is 0 Å². The van der Waals surface area contributed by atoms with Crippen molar-refractivity contribution < 1.29 is 4.79 Å². The Morgan fingerprint density at radius 2 is 2.27 bits per heavy atom. The molecule has 0 spiro atoms. The summed E-state index contributed by atoms with van der Waals surface area (Å²) in [6, 6.07) is 7.68. The van der Waals surface area contributed by atoms with Crippen LogP contribution in [0.1, 0.15) is 0 Å². The third-order valence-corrected chi connectivity index (χ3v) is 4.62. The summed E-state index contributed by atoms with van der Waals surface area (Å²) in [6.07, 6.45) is 3.21. The number of halogens is 1. The zero-order chi connectivity index (χ0) is 15.5. The van der Waals surface area contributed by atoms with Gasteiger partial charge in [0, 0.05) is 16.3 Å². The molecule has 0 unspecified atom stereocenters. The number of nitrogens with zero attached hydrogens (tertiary/aromatic N) is 4. The molecule has 112 valence electrons. The van der Waals surface area contributed by atoms with Gasteiger partial charge < -0.3 is 5.32 Å². The summed E-state index contributed by atoms with van der Waals surface area (Å²) in [5.74, 6) is 0.217. The lowest BCUT2D eigenvalue weighted by Gasteiger charge is -2.05. The third-order valence-electron chi connectivity index (χ3n) is 2.94. The fourth-order valence-electron chi connectivity index (χ4n) is 1.95. The molecule has 0 bridgehead atoms. The van der Waals surface area contributed by atoms with Crippen molar-refractivity contribution in [3.63, 3.8) is 0 Å². The Morgan fingerprint density at radius 3 is 3.09 bits per heavy atom. The number of fused-ring (bicyclic) bond motifs is 1. The van der Waals surface area contributed by atoms with Crippen molar-refractivity contribution in [3.05, 3.63) is 40.4 Å². The Morgan fingerprint density at radius 1 is 1.41 bits per heavy atom. The van der Waals surface area contributed by atoms with Crippen LogP contribution in [0.3, 0.4) is 0 Å². The van der Waals surface area contributed by atoms with Crippen molar-refractivity contribution in [2.45, 2.75) is 5.03 Å². The van der Waals surface area contributed by atoms with Gasteiger partial charge in [-0.3, -0.25) is 9.48 Å². The third kappa shape index (κ3) is 3.38. The van der Waals surface area contributed by atoms with E-state index in [1.165, 1.54) is 18.1 Å². The second kappa shape index (κ2) is 6.61. The maximum absolute atomic E-state index is 12.0. The van der Waals surface area contributed by atoms with E-state index in [2.05, 4.69) is 43.0 Å². The van der Waals surface area contributed by atoms with Crippen LogP contribution >= 0.6 is 34.4 Å². The Labute approximate surface area is 144 Å². The summed E-state index contributed by atoms with van der Waals surface area (Å²) < 4.78 is 2.77. The zero-order valence-electron chi connectivity index (χ0n) is 11.7. The molecule has 6 nitrogen and oxygen atoms in total. The second-order valence-corrected chi connectivity index (χ2v) is 6.74. The number of carbonyl (C=O) groups excluding carboxylic acids is 1. The van der Waals surface area contributed by atoms with E-state index in [4.69, 9.17) is 0 Å². The van der Waals surface area contributed by atoms with Gasteiger partial charge in [0.2, 0.25) is 5.91 Å². The Bertz CT molecular complexity index is 835. The molecule has 3 aromatic rings. The van der Waals surface area contributed by atoms with Gasteiger partial charge in [-0.1, -0.05) is 17.8 Å². The molecule has 0 radical (unpaired) electrons. The van der Waals surface area contributed by atoms with Crippen LogP contribution < -0.4 is 5.32 Å². The molecule has 0 fully saturated rings. The minimum Gasteiger partial charge on any atom is -0.325 e. The average Bonchev–Trinajstić information content (AvgIpc) is 2.87. The maximum atomic E-state index is 12.0. The molecule has 2 heterocycles. The molecule has 3 rings (SSSR count). The Kier molecular flexibility index (Phi) is 4.57. The predicted octanol–water partition coefficient (Wildman–Crippen LogP) is 2.70. The molecule has 22 heavy (non-hydrogen) atoms. The molecule has 2 aromatic heterocycles. The molecular formula is C14H12IN5OS. The van der Waals surface area contributed by atoms with E-state index >= 15 is 0 Å². The van der Waals surface area contributed by atoms with Crippen LogP contribution in [0.5, 0.6) is 0 Å². The fourth-order valence-corrected chi connectivity index (χ4v) is 3.26. The number of hydrogen-bond acceptors (Lipinski definition) is 5. The van der Waals surface area contributed by atoms with Crippen LogP contribution in [0.15, 0.2) is 41.8 Å². The highest BCUT2D eigenvalue weighted by molar-refractivity contribution is 14.1. The quantitative estimate of drug-likeness (QED) is 0.396. The van der Waals surface area contributed by atoms with Gasteiger partial charge in [-0.05, 0) is 40.8 Å². The van der Waals surface area contributed by atoms with Crippen molar-refractivity contribution in [3.8, 4) is 0 Å². The minimum absolute atomic E-state index is 0.0670. The first kappa shape index (κ1) is 15.2. The number of thioether (sulfide) groups is 1. The lowest BCUT2D eigenvalue weighted by molar-refractivity contribution is -0.113. The fraction of sp³-hybridized carbons (Fsp3) is 0.143. The first-order valence-electron chi connectivity index (χ1n) is 6.44. The van der Waals surface area contributed by atoms with E-state index in [1.807, 2.05) is 31.3 Å². The Hall–Kier alpha value is -1.68. The van der Waals surface area contributed by atoms with Crippen molar-refractivity contribution in [2.24, 2.45) is 7.05 Å². The lowest BCUT2D eigenvalue weighted by Crippen LogP contribution is -2.14. The van der Waals surface area contributed by atoms with Gasteiger partial charge in [-0.15, -0.1) is 0 Å². The number of nitrogens with one attached hydrogen (secondary N) is 1. The Balaban J connectivity index is 1.67. The topological polar surface area (TPSA) is 72.7 Å². The van der Waals surface area contributed by atoms with E-state index in [0.29, 0.717) is 0 Å². The summed E-state index contributed by atoms with van der Waals surface area (Å²) in [4.78, 5) is 20.5. The number of benzene rings is 1. The van der Waals surface area contributed by atoms with E-state index in [1.54, 1.807) is 10.9 Å². The SMILES string of the molecule is Cn1ncc2c(SCC(=O)Nc3cccc(I)c3)ncnc21. The standard InChI is InChI=1S/C14H12IN5OS/c1-20-13-11(6-18-20)14(17-8-16-13)22-7-12(21)19-10-4-2-3-9(15)5-10/h2-6,8H,7H2,1H3,(H,19,21). The molecule has 1 N–H and O–H groups in total. The molecule has 1 aromatic carbocycles. The molecule has 0 saturated carbocycles. The van der Waals surface area contributed by atoms with Gasteiger partial charge in [0.15, 0.2) is 5.65 Å². The van der Waals surface area contributed by atoms with Crippen LogP contribution in [-0.4, -0.2) is 31.4 Å². The van der Waals surface area contributed by atoms with Crippen molar-refractivity contribution in [2.75, 3.05) is 11.1 Å². The van der Waals surface area contributed by atoms with Crippen molar-refractivity contribution in [1.29, 1.82) is 0 Å². The van der Waals surface area contributed by atoms with Gasteiger partial charge in [-0.2, -0.15) is 5.10 Å². The second-order valence-electron chi connectivity index (χ2n) is 4.53. The van der Waals surface area contributed by atoms with Gasteiger partial charge in [0.1, 0.15) is 11.4 Å². The predicted molar refractivity (Wildman–Crippen MR) is 94.8 cm³/mol. The van der Waals surface area contributed by atoms with Crippen molar-refractivity contribution >= 4 is 57.0 Å². The molecule has 0 aliphatic rings. The molecule has 8 heteroatoms. The molecule has 0 aliphatic carbocycles. The molecule has 0 aliphatic heterocycles. The molecule has 1 amide bonds. The van der Waals surface area contributed by atoms with E-state index in [-0.39, 0.29) is 11.7 Å². The molecule has 0 saturated heterocycles. The highest BCUT2D eigenvalue weighted by atomic mass is 127. The number of aryl methyl sites for hydroxylation is 1. The lowest BCUT2D eigenvalue weighted by atomic mass is 10.3. The van der Waals surface area contributed by atoms with E-state index in [0.717, 1.165) is 25.3 Å². The van der Waals surface area contributed by atoms with Gasteiger partial charge in [0.05, 0.1) is 17.3 Å². The van der Waals surface area contributed by atoms with Crippen LogP contribution in [0.25, 0.3) is 11.0 Å². The summed E-state index contributed by atoms with van der Waals surface area (Å²) in [5, 5.41) is 8.66. The number of anilines is 1. The van der Waals surface area contributed by atoms with Crippen LogP contribution in [0.2, 0.25) is 0 Å². The van der Waals surface area contributed by atoms with E-state index in [9.17, 15) is 4.79 Å². The first-order valence-corrected chi connectivity index (χ1v) is 8.51. The largest absolute Gasteiger partial charge is 0.325 e. The highest BCUT2D eigenvalue weighted by Gasteiger charge is 2.10. The number of hydrogen-bond donors (Lipinski definition) is 1. The summed E-state index contributed by atoms with van der Waals surface area (Å²) in [5.41, 5.74) is 1.56. The molecular weight excluding hydrogens is 413 g/mol. The maximum Gasteiger partial charge on any atom is 0.234 e. The smallest absolute Gasteiger partial charge is 0.234 e. The number of aromatic nitrogens is 4. The summed E-state index contributed by atoms with van der Waals surface area (Å²) in [6.45, 7) is 0. The van der Waals surface area contributed by atoms with Gasteiger partial charge >= 0.3 is 0 Å². The summed E-state index contributed by atoms with van der Waals surface area (Å²) >= 11 is 3.59. The van der Waals surface area contributed by atoms with Crippen molar-refractivity contribution in [1.82, 2.24) is 19.7 Å². The van der Waals surface area contributed by atoms with Crippen LogP contribution in [0, 0.1) is 3.57 Å². The number of amides is 1. The minimum atomic E-state index is -0.0670. The first-order chi connectivity index (χ1) is 10.6. The highest BCUT2D eigenvalue weighted by Crippen LogP contribution is 2.24. The normalized spacial score (nSPS) is 10.8. The van der Waals surface area contributed by atoms with Crippen LogP contribution in [-0.2, 0) is 11.8 Å². The summed E-state index contributed by atoms with van der Waals surface area (Å²) in [7, 11) is 1.83. The molecule has 0 atom stereocenters. The van der Waals surface area contributed by atoms with E-state index < -0.39 is 0 Å². The van der Waals surface area contributed by atoms with Gasteiger partial charge in [-0.25, -0.2) is 9.97 Å². The zero-order valence-corrected chi connectivity index (χ0v) is 14.6.